The lowest BCUT2D eigenvalue weighted by atomic mass is 10.00. The van der Waals surface area contributed by atoms with Gasteiger partial charge in [0.25, 0.3) is 0 Å². The Balaban J connectivity index is 0.000000921. The van der Waals surface area contributed by atoms with Gasteiger partial charge in [-0.3, -0.25) is 0 Å². The van der Waals surface area contributed by atoms with Crippen molar-refractivity contribution in [3.63, 3.8) is 0 Å². The SMILES string of the molecule is C=C.C=C/C(=C\C)CCC1=CCCC=C1. The lowest BCUT2D eigenvalue weighted by Crippen LogP contribution is -1.86. The van der Waals surface area contributed by atoms with E-state index in [1.54, 1.807) is 0 Å². The van der Waals surface area contributed by atoms with E-state index in [1.807, 2.05) is 6.08 Å². The maximum Gasteiger partial charge on any atom is -0.0242 e. The molecule has 0 aromatic rings. The van der Waals surface area contributed by atoms with Crippen molar-refractivity contribution >= 4 is 0 Å². The van der Waals surface area contributed by atoms with Crippen LogP contribution in [0.2, 0.25) is 0 Å². The first-order chi connectivity index (χ1) is 7.36. The normalized spacial score (nSPS) is 15.0. The molecule has 0 heterocycles. The highest BCUT2D eigenvalue weighted by atomic mass is 14.0. The van der Waals surface area contributed by atoms with Crippen molar-refractivity contribution in [2.75, 3.05) is 0 Å². The summed E-state index contributed by atoms with van der Waals surface area (Å²) in [6.45, 7) is 11.9. The monoisotopic (exact) mass is 202 g/mol. The number of hydrogen-bond donors (Lipinski definition) is 0. The van der Waals surface area contributed by atoms with Gasteiger partial charge in [0, 0.05) is 0 Å². The van der Waals surface area contributed by atoms with Crippen LogP contribution in [0.1, 0.15) is 32.6 Å². The zero-order chi connectivity index (χ0) is 11.5. The summed E-state index contributed by atoms with van der Waals surface area (Å²) in [5.74, 6) is 0. The predicted octanol–water partition coefficient (Wildman–Crippen LogP) is 4.98. The van der Waals surface area contributed by atoms with Gasteiger partial charge in [0.05, 0.1) is 0 Å². The van der Waals surface area contributed by atoms with Crippen LogP contribution in [0.5, 0.6) is 0 Å². The third-order valence-corrected chi connectivity index (χ3v) is 2.41. The summed E-state index contributed by atoms with van der Waals surface area (Å²) < 4.78 is 0. The van der Waals surface area contributed by atoms with Crippen molar-refractivity contribution in [2.24, 2.45) is 0 Å². The van der Waals surface area contributed by atoms with Gasteiger partial charge in [0.2, 0.25) is 0 Å². The molecule has 0 nitrogen and oxygen atoms in total. The largest absolute Gasteiger partial charge is 0.106 e. The minimum atomic E-state index is 1.12. The van der Waals surface area contributed by atoms with E-state index in [4.69, 9.17) is 0 Å². The quantitative estimate of drug-likeness (QED) is 0.445. The van der Waals surface area contributed by atoms with Gasteiger partial charge in [0.1, 0.15) is 0 Å². The molecule has 0 atom stereocenters. The van der Waals surface area contributed by atoms with Crippen LogP contribution >= 0.6 is 0 Å². The molecule has 0 aromatic carbocycles. The standard InChI is InChI=1S/C13H18.C2H4/c1-3-12(4-2)10-11-13-8-6-5-7-9-13;1-2/h3-4,6,8-9H,1,5,7,10-11H2,2H3;1-2H2/b12-4+;. The first kappa shape index (κ1) is 13.7. The van der Waals surface area contributed by atoms with E-state index in [9.17, 15) is 0 Å². The average molecular weight is 202 g/mol. The molecule has 0 fully saturated rings. The van der Waals surface area contributed by atoms with Crippen LogP contribution in [0.15, 0.2) is 61.3 Å². The molecule has 15 heavy (non-hydrogen) atoms. The van der Waals surface area contributed by atoms with Gasteiger partial charge in [0.15, 0.2) is 0 Å². The van der Waals surface area contributed by atoms with E-state index in [2.05, 4.69) is 51.0 Å². The van der Waals surface area contributed by atoms with Crippen LogP contribution < -0.4 is 0 Å². The predicted molar refractivity (Wildman–Crippen MR) is 70.9 cm³/mol. The molecule has 82 valence electrons. The Bertz CT molecular complexity index is 264. The molecular weight excluding hydrogens is 180 g/mol. The fourth-order valence-electron chi connectivity index (χ4n) is 1.51. The Morgan fingerprint density at radius 1 is 1.40 bits per heavy atom. The van der Waals surface area contributed by atoms with Crippen LogP contribution in [-0.2, 0) is 0 Å². The van der Waals surface area contributed by atoms with E-state index in [0.717, 1.165) is 12.8 Å². The van der Waals surface area contributed by atoms with Gasteiger partial charge in [-0.2, -0.15) is 0 Å². The highest BCUT2D eigenvalue weighted by molar-refractivity contribution is 5.25. The highest BCUT2D eigenvalue weighted by Crippen LogP contribution is 2.17. The van der Waals surface area contributed by atoms with Gasteiger partial charge in [-0.1, -0.05) is 48.1 Å². The van der Waals surface area contributed by atoms with Gasteiger partial charge in [-0.05, 0) is 32.6 Å². The maximum absolute atomic E-state index is 3.79. The summed E-state index contributed by atoms with van der Waals surface area (Å²) in [5.41, 5.74) is 2.83. The molecule has 0 amide bonds. The van der Waals surface area contributed by atoms with Gasteiger partial charge >= 0.3 is 0 Å². The van der Waals surface area contributed by atoms with Gasteiger partial charge in [-0.25, -0.2) is 0 Å². The van der Waals surface area contributed by atoms with Crippen molar-refractivity contribution in [3.8, 4) is 0 Å². The van der Waals surface area contributed by atoms with E-state index >= 15 is 0 Å². The molecule has 1 aliphatic rings. The molecule has 0 saturated carbocycles. The number of hydrogen-bond acceptors (Lipinski definition) is 0. The summed E-state index contributed by atoms with van der Waals surface area (Å²) in [4.78, 5) is 0. The molecule has 0 saturated heterocycles. The van der Waals surface area contributed by atoms with Gasteiger partial charge in [-0.15, -0.1) is 13.2 Å². The van der Waals surface area contributed by atoms with E-state index < -0.39 is 0 Å². The van der Waals surface area contributed by atoms with E-state index in [0.29, 0.717) is 0 Å². The molecular formula is C15H22. The summed E-state index contributed by atoms with van der Waals surface area (Å²) in [5, 5.41) is 0. The molecule has 1 rings (SSSR count). The molecule has 0 aliphatic heterocycles. The lowest BCUT2D eigenvalue weighted by Gasteiger charge is -2.06. The molecule has 0 radical (unpaired) electrons. The Hall–Kier alpha value is -1.30. The first-order valence-corrected chi connectivity index (χ1v) is 5.50. The van der Waals surface area contributed by atoms with Crippen molar-refractivity contribution in [1.29, 1.82) is 0 Å². The van der Waals surface area contributed by atoms with Crippen molar-refractivity contribution < 1.29 is 0 Å². The van der Waals surface area contributed by atoms with Crippen LogP contribution in [0.25, 0.3) is 0 Å². The maximum atomic E-state index is 3.79. The molecule has 0 unspecified atom stereocenters. The summed E-state index contributed by atoms with van der Waals surface area (Å²) in [7, 11) is 0. The van der Waals surface area contributed by atoms with Crippen LogP contribution in [-0.4, -0.2) is 0 Å². The summed E-state index contributed by atoms with van der Waals surface area (Å²) in [6, 6.07) is 0. The minimum Gasteiger partial charge on any atom is -0.106 e. The Morgan fingerprint density at radius 2 is 2.13 bits per heavy atom. The molecule has 0 heteroatoms. The molecule has 0 bridgehead atoms. The second-order valence-corrected chi connectivity index (χ2v) is 3.33. The topological polar surface area (TPSA) is 0 Å². The second-order valence-electron chi connectivity index (χ2n) is 3.33. The van der Waals surface area contributed by atoms with Crippen molar-refractivity contribution in [3.05, 3.63) is 61.3 Å². The molecule has 1 aliphatic carbocycles. The zero-order valence-electron chi connectivity index (χ0n) is 9.84. The van der Waals surface area contributed by atoms with E-state index in [1.165, 1.54) is 24.0 Å². The fraction of sp³-hybridized carbons (Fsp3) is 0.333. The number of allylic oxidation sites excluding steroid dienone is 7. The van der Waals surface area contributed by atoms with Crippen LogP contribution in [0.3, 0.4) is 0 Å². The summed E-state index contributed by atoms with van der Waals surface area (Å²) in [6.07, 6.45) is 15.6. The average Bonchev–Trinajstić information content (AvgIpc) is 2.34. The van der Waals surface area contributed by atoms with Crippen molar-refractivity contribution in [2.45, 2.75) is 32.6 Å². The summed E-state index contributed by atoms with van der Waals surface area (Å²) >= 11 is 0. The molecule has 0 aromatic heterocycles. The Kier molecular flexibility index (Phi) is 8.46. The van der Waals surface area contributed by atoms with Crippen LogP contribution in [0.4, 0.5) is 0 Å². The van der Waals surface area contributed by atoms with Gasteiger partial charge < -0.3 is 0 Å². The lowest BCUT2D eigenvalue weighted by molar-refractivity contribution is 0.922. The first-order valence-electron chi connectivity index (χ1n) is 5.50. The van der Waals surface area contributed by atoms with Crippen LogP contribution in [0, 0.1) is 0 Å². The molecule has 0 spiro atoms. The molecule has 0 N–H and O–H groups in total. The second kappa shape index (κ2) is 9.26. The fourth-order valence-corrected chi connectivity index (χ4v) is 1.51. The minimum absolute atomic E-state index is 1.12. The third-order valence-electron chi connectivity index (χ3n) is 2.41. The third kappa shape index (κ3) is 5.90. The zero-order valence-corrected chi connectivity index (χ0v) is 9.84. The van der Waals surface area contributed by atoms with E-state index in [-0.39, 0.29) is 0 Å². The Labute approximate surface area is 94.4 Å². The smallest absolute Gasteiger partial charge is 0.0242 e. The number of rotatable bonds is 4. The highest BCUT2D eigenvalue weighted by Gasteiger charge is 1.98. The Morgan fingerprint density at radius 3 is 2.60 bits per heavy atom. The van der Waals surface area contributed by atoms with Crippen molar-refractivity contribution in [1.82, 2.24) is 0 Å².